The van der Waals surface area contributed by atoms with Gasteiger partial charge in [0.2, 0.25) is 5.91 Å². The average Bonchev–Trinajstić information content (AvgIpc) is 3.06. The number of hydrogen-bond donors (Lipinski definition) is 3. The minimum Gasteiger partial charge on any atom is -0.378 e. The number of carbonyl (C=O) groups excluding carboxylic acids is 1. The van der Waals surface area contributed by atoms with Gasteiger partial charge in [0.25, 0.3) is 5.69 Å². The molecule has 0 radical (unpaired) electrons. The third-order valence-electron chi connectivity index (χ3n) is 4.23. The number of aromatic amines is 1. The van der Waals surface area contributed by atoms with Crippen molar-refractivity contribution in [3.05, 3.63) is 69.0 Å². The van der Waals surface area contributed by atoms with E-state index in [0.717, 1.165) is 11.1 Å². The Morgan fingerprint density at radius 3 is 2.66 bits per heavy atom. The summed E-state index contributed by atoms with van der Waals surface area (Å²) in [5.74, 6) is 0.350. The summed E-state index contributed by atoms with van der Waals surface area (Å²) in [4.78, 5) is 22.9. The molecule has 0 atom stereocenters. The number of para-hydroxylation sites is 2. The van der Waals surface area contributed by atoms with E-state index < -0.39 is 4.92 Å². The first-order chi connectivity index (χ1) is 14.0. The van der Waals surface area contributed by atoms with Crippen LogP contribution in [0.4, 0.5) is 11.4 Å². The summed E-state index contributed by atoms with van der Waals surface area (Å²) in [6.45, 7) is 2.66. The third kappa shape index (κ3) is 5.05. The van der Waals surface area contributed by atoms with E-state index in [0.29, 0.717) is 29.4 Å². The fourth-order valence-corrected chi connectivity index (χ4v) is 2.96. The minimum atomic E-state index is -0.450. The maximum atomic E-state index is 12.3. The van der Waals surface area contributed by atoms with Gasteiger partial charge in [-0.2, -0.15) is 5.10 Å². The highest BCUT2D eigenvalue weighted by Gasteiger charge is 2.13. The molecule has 0 saturated carbocycles. The summed E-state index contributed by atoms with van der Waals surface area (Å²) in [7, 11) is 0. The van der Waals surface area contributed by atoms with E-state index in [9.17, 15) is 14.9 Å². The molecular formula is C19H20N6O3S. The summed E-state index contributed by atoms with van der Waals surface area (Å²) in [5, 5.41) is 23.7. The fraction of sp³-hybridized carbons (Fsp3) is 0.211. The number of rotatable bonds is 8. The molecule has 3 rings (SSSR count). The molecule has 0 aliphatic carbocycles. The van der Waals surface area contributed by atoms with Crippen molar-refractivity contribution in [2.45, 2.75) is 13.5 Å². The number of nitro benzene ring substituents is 1. The minimum absolute atomic E-state index is 0.00809. The molecule has 29 heavy (non-hydrogen) atoms. The van der Waals surface area contributed by atoms with Crippen LogP contribution in [0.5, 0.6) is 0 Å². The Kier molecular flexibility index (Phi) is 6.35. The predicted octanol–water partition coefficient (Wildman–Crippen LogP) is 3.05. The first-order valence-electron chi connectivity index (χ1n) is 8.92. The smallest absolute Gasteiger partial charge is 0.292 e. The Bertz CT molecular complexity index is 1070. The maximum absolute atomic E-state index is 12.3. The van der Waals surface area contributed by atoms with Crippen LogP contribution in [0, 0.1) is 21.8 Å². The molecule has 3 N–H and O–H groups in total. The predicted molar refractivity (Wildman–Crippen MR) is 112 cm³/mol. The molecule has 150 valence electrons. The fourth-order valence-electron chi connectivity index (χ4n) is 2.77. The van der Waals surface area contributed by atoms with E-state index >= 15 is 0 Å². The summed E-state index contributed by atoms with van der Waals surface area (Å²) in [6, 6.07) is 14.1. The summed E-state index contributed by atoms with van der Waals surface area (Å²) in [6.07, 6.45) is 0. The first-order valence-corrected chi connectivity index (χ1v) is 9.33. The summed E-state index contributed by atoms with van der Waals surface area (Å²) >= 11 is 5.24. The highest BCUT2D eigenvalue weighted by Crippen LogP contribution is 2.22. The Balaban J connectivity index is 1.57. The van der Waals surface area contributed by atoms with Gasteiger partial charge < -0.3 is 10.6 Å². The van der Waals surface area contributed by atoms with Gasteiger partial charge >= 0.3 is 0 Å². The number of hydrogen-bond acceptors (Lipinski definition) is 6. The van der Waals surface area contributed by atoms with Crippen LogP contribution in [0.15, 0.2) is 48.5 Å². The molecule has 10 heteroatoms. The van der Waals surface area contributed by atoms with Gasteiger partial charge in [-0.05, 0) is 25.2 Å². The number of nitro groups is 1. The molecule has 0 unspecified atom stereocenters. The van der Waals surface area contributed by atoms with Gasteiger partial charge in [-0.3, -0.25) is 24.6 Å². The van der Waals surface area contributed by atoms with Crippen LogP contribution in [-0.2, 0) is 11.3 Å². The van der Waals surface area contributed by atoms with Gasteiger partial charge in [-0.15, -0.1) is 0 Å². The average molecular weight is 412 g/mol. The number of carbonyl (C=O) groups is 1. The topological polar surface area (TPSA) is 118 Å². The van der Waals surface area contributed by atoms with Crippen LogP contribution in [0.1, 0.15) is 5.56 Å². The molecule has 0 aliphatic heterocycles. The van der Waals surface area contributed by atoms with Crippen LogP contribution in [0.25, 0.3) is 11.4 Å². The number of benzene rings is 2. The number of amides is 1. The standard InChI is InChI=1S/C19H20N6O3S/c1-13-6-8-14(9-7-13)18-22-23-19(29)24(18)12-17(26)21-11-10-20-15-4-2-3-5-16(15)25(27)28/h2-9,20H,10-12H2,1H3,(H,21,26)(H,23,29). The van der Waals surface area contributed by atoms with Gasteiger partial charge in [0, 0.05) is 24.7 Å². The second kappa shape index (κ2) is 9.11. The molecule has 0 saturated heterocycles. The molecule has 1 aromatic heterocycles. The van der Waals surface area contributed by atoms with E-state index in [-0.39, 0.29) is 18.1 Å². The van der Waals surface area contributed by atoms with E-state index in [1.807, 2.05) is 31.2 Å². The van der Waals surface area contributed by atoms with Crippen molar-refractivity contribution in [3.8, 4) is 11.4 Å². The van der Waals surface area contributed by atoms with Gasteiger partial charge in [0.1, 0.15) is 12.2 Å². The van der Waals surface area contributed by atoms with E-state index in [1.54, 1.807) is 22.8 Å². The van der Waals surface area contributed by atoms with Gasteiger partial charge in [0.15, 0.2) is 10.6 Å². The SMILES string of the molecule is Cc1ccc(-c2n[nH]c(=S)n2CC(=O)NCCNc2ccccc2[N+](=O)[O-])cc1. The highest BCUT2D eigenvalue weighted by atomic mass is 32.1. The van der Waals surface area contributed by atoms with Crippen LogP contribution in [0.3, 0.4) is 0 Å². The number of H-pyrrole nitrogens is 1. The maximum Gasteiger partial charge on any atom is 0.292 e. The second-order valence-corrected chi connectivity index (χ2v) is 6.74. The largest absolute Gasteiger partial charge is 0.378 e. The van der Waals surface area contributed by atoms with Crippen molar-refractivity contribution >= 4 is 29.5 Å². The lowest BCUT2D eigenvalue weighted by molar-refractivity contribution is -0.384. The highest BCUT2D eigenvalue weighted by molar-refractivity contribution is 7.71. The zero-order chi connectivity index (χ0) is 20.8. The Labute approximate surface area is 171 Å². The molecule has 0 aliphatic rings. The van der Waals surface area contributed by atoms with Gasteiger partial charge in [-0.25, -0.2) is 0 Å². The molecule has 0 spiro atoms. The van der Waals surface area contributed by atoms with Crippen molar-refractivity contribution in [1.29, 1.82) is 0 Å². The van der Waals surface area contributed by atoms with Crippen molar-refractivity contribution in [1.82, 2.24) is 20.1 Å². The van der Waals surface area contributed by atoms with Crippen molar-refractivity contribution in [3.63, 3.8) is 0 Å². The summed E-state index contributed by atoms with van der Waals surface area (Å²) in [5.41, 5.74) is 2.38. The number of anilines is 1. The number of aryl methyl sites for hydroxylation is 1. The number of nitrogens with zero attached hydrogens (tertiary/aromatic N) is 3. The van der Waals surface area contributed by atoms with Gasteiger partial charge in [-0.1, -0.05) is 42.0 Å². The number of nitrogens with one attached hydrogen (secondary N) is 3. The molecule has 1 amide bonds. The molecular weight excluding hydrogens is 392 g/mol. The molecule has 2 aromatic carbocycles. The van der Waals surface area contributed by atoms with Gasteiger partial charge in [0.05, 0.1) is 4.92 Å². The van der Waals surface area contributed by atoms with Crippen LogP contribution in [0.2, 0.25) is 0 Å². The zero-order valence-corrected chi connectivity index (χ0v) is 16.5. The van der Waals surface area contributed by atoms with E-state index in [2.05, 4.69) is 20.8 Å². The van der Waals surface area contributed by atoms with Crippen molar-refractivity contribution < 1.29 is 9.72 Å². The normalized spacial score (nSPS) is 10.5. The monoisotopic (exact) mass is 412 g/mol. The van der Waals surface area contributed by atoms with E-state index in [1.165, 1.54) is 6.07 Å². The Hall–Kier alpha value is -3.53. The van der Waals surface area contributed by atoms with Crippen LogP contribution >= 0.6 is 12.2 Å². The molecule has 0 fully saturated rings. The zero-order valence-electron chi connectivity index (χ0n) is 15.7. The quantitative estimate of drug-likeness (QED) is 0.226. The molecule has 1 heterocycles. The van der Waals surface area contributed by atoms with Crippen LogP contribution in [-0.4, -0.2) is 38.7 Å². The van der Waals surface area contributed by atoms with E-state index in [4.69, 9.17) is 12.2 Å². The third-order valence-corrected chi connectivity index (χ3v) is 4.54. The lowest BCUT2D eigenvalue weighted by Crippen LogP contribution is -2.32. The number of aromatic nitrogens is 3. The lowest BCUT2D eigenvalue weighted by Gasteiger charge is -2.10. The Morgan fingerprint density at radius 2 is 1.93 bits per heavy atom. The summed E-state index contributed by atoms with van der Waals surface area (Å²) < 4.78 is 1.99. The van der Waals surface area contributed by atoms with Crippen molar-refractivity contribution in [2.24, 2.45) is 0 Å². The first kappa shape index (κ1) is 20.2. The molecule has 0 bridgehead atoms. The Morgan fingerprint density at radius 1 is 1.21 bits per heavy atom. The molecule has 9 nitrogen and oxygen atoms in total. The second-order valence-electron chi connectivity index (χ2n) is 6.36. The molecule has 3 aromatic rings. The van der Waals surface area contributed by atoms with Crippen molar-refractivity contribution in [2.75, 3.05) is 18.4 Å². The lowest BCUT2D eigenvalue weighted by atomic mass is 10.1. The van der Waals surface area contributed by atoms with Crippen LogP contribution < -0.4 is 10.6 Å².